The first-order valence-corrected chi connectivity index (χ1v) is 6.09. The number of benzene rings is 1. The van der Waals surface area contributed by atoms with E-state index in [1.54, 1.807) is 0 Å². The van der Waals surface area contributed by atoms with Crippen LogP contribution in [0.5, 0.6) is 0 Å². The van der Waals surface area contributed by atoms with Gasteiger partial charge in [0.05, 0.1) is 12.1 Å². The molecule has 1 aromatic rings. The van der Waals surface area contributed by atoms with Crippen molar-refractivity contribution in [3.8, 4) is 0 Å². The molecule has 3 N–H and O–H groups in total. The quantitative estimate of drug-likeness (QED) is 0.824. The lowest BCUT2D eigenvalue weighted by Gasteiger charge is -2.31. The zero-order chi connectivity index (χ0) is 11.6. The first-order valence-electron chi connectivity index (χ1n) is 5.01. The SMILES string of the molecule is CC(C)(C)[C@@H](O)[C@@H](N)c1cccc(I)c1. The molecule has 0 saturated heterocycles. The largest absolute Gasteiger partial charge is 0.391 e. The molecule has 0 aliphatic carbocycles. The average molecular weight is 319 g/mol. The first-order chi connectivity index (χ1) is 6.82. The average Bonchev–Trinajstić information content (AvgIpc) is 2.14. The van der Waals surface area contributed by atoms with E-state index in [9.17, 15) is 5.11 Å². The van der Waals surface area contributed by atoms with Crippen molar-refractivity contribution in [2.75, 3.05) is 0 Å². The van der Waals surface area contributed by atoms with Crippen LogP contribution in [0.4, 0.5) is 0 Å². The molecule has 15 heavy (non-hydrogen) atoms. The molecule has 2 nitrogen and oxygen atoms in total. The van der Waals surface area contributed by atoms with Crippen LogP contribution >= 0.6 is 22.6 Å². The van der Waals surface area contributed by atoms with Crippen molar-refractivity contribution in [3.05, 3.63) is 33.4 Å². The second-order valence-corrected chi connectivity index (χ2v) is 6.14. The molecule has 0 aliphatic rings. The number of halogens is 1. The van der Waals surface area contributed by atoms with E-state index in [1.165, 1.54) is 0 Å². The normalized spacial score (nSPS) is 16.1. The highest BCUT2D eigenvalue weighted by Gasteiger charge is 2.28. The van der Waals surface area contributed by atoms with Crippen LogP contribution in [0.25, 0.3) is 0 Å². The Labute approximate surface area is 105 Å². The Morgan fingerprint density at radius 1 is 1.33 bits per heavy atom. The predicted molar refractivity (Wildman–Crippen MR) is 71.5 cm³/mol. The van der Waals surface area contributed by atoms with Gasteiger partial charge in [0.25, 0.3) is 0 Å². The minimum atomic E-state index is -0.532. The Kier molecular flexibility index (Phi) is 4.14. The summed E-state index contributed by atoms with van der Waals surface area (Å²) in [6, 6.07) is 7.63. The van der Waals surface area contributed by atoms with Gasteiger partial charge in [0.1, 0.15) is 0 Å². The van der Waals surface area contributed by atoms with Gasteiger partial charge in [-0.15, -0.1) is 0 Å². The molecule has 0 bridgehead atoms. The summed E-state index contributed by atoms with van der Waals surface area (Å²) in [4.78, 5) is 0. The highest BCUT2D eigenvalue weighted by Crippen LogP contribution is 2.28. The second kappa shape index (κ2) is 4.80. The molecule has 0 amide bonds. The maximum atomic E-state index is 10.1. The molecule has 0 saturated carbocycles. The maximum absolute atomic E-state index is 10.1. The Bertz CT molecular complexity index is 333. The smallest absolute Gasteiger partial charge is 0.0780 e. The van der Waals surface area contributed by atoms with Crippen LogP contribution in [0.1, 0.15) is 32.4 Å². The minimum Gasteiger partial charge on any atom is -0.391 e. The van der Waals surface area contributed by atoms with Crippen LogP contribution in [-0.2, 0) is 0 Å². The summed E-state index contributed by atoms with van der Waals surface area (Å²) < 4.78 is 1.14. The molecule has 1 rings (SSSR count). The molecule has 3 heteroatoms. The van der Waals surface area contributed by atoms with Crippen LogP contribution in [-0.4, -0.2) is 11.2 Å². The Hall–Kier alpha value is -0.130. The van der Waals surface area contributed by atoms with E-state index in [1.807, 2.05) is 45.0 Å². The highest BCUT2D eigenvalue weighted by atomic mass is 127. The van der Waals surface area contributed by atoms with Gasteiger partial charge in [0.15, 0.2) is 0 Å². The maximum Gasteiger partial charge on any atom is 0.0780 e. The zero-order valence-corrected chi connectivity index (χ0v) is 11.5. The highest BCUT2D eigenvalue weighted by molar-refractivity contribution is 14.1. The van der Waals surface area contributed by atoms with E-state index in [0.717, 1.165) is 9.13 Å². The summed E-state index contributed by atoms with van der Waals surface area (Å²) in [5, 5.41) is 10.1. The van der Waals surface area contributed by atoms with Gasteiger partial charge in [-0.3, -0.25) is 0 Å². The summed E-state index contributed by atoms with van der Waals surface area (Å²) in [7, 11) is 0. The van der Waals surface area contributed by atoms with E-state index in [0.29, 0.717) is 0 Å². The molecule has 0 radical (unpaired) electrons. The van der Waals surface area contributed by atoms with Crippen molar-refractivity contribution in [3.63, 3.8) is 0 Å². The van der Waals surface area contributed by atoms with Crippen LogP contribution in [0.15, 0.2) is 24.3 Å². The van der Waals surface area contributed by atoms with Gasteiger partial charge in [0, 0.05) is 3.57 Å². The Balaban J connectivity index is 2.90. The molecule has 1 aromatic carbocycles. The van der Waals surface area contributed by atoms with Crippen molar-refractivity contribution in [1.82, 2.24) is 0 Å². The van der Waals surface area contributed by atoms with Gasteiger partial charge in [-0.1, -0.05) is 32.9 Å². The van der Waals surface area contributed by atoms with E-state index in [4.69, 9.17) is 5.73 Å². The number of rotatable bonds is 2. The summed E-state index contributed by atoms with van der Waals surface area (Å²) >= 11 is 2.25. The lowest BCUT2D eigenvalue weighted by atomic mass is 9.82. The van der Waals surface area contributed by atoms with Gasteiger partial charge in [-0.25, -0.2) is 0 Å². The van der Waals surface area contributed by atoms with Crippen molar-refractivity contribution in [2.24, 2.45) is 11.1 Å². The third kappa shape index (κ3) is 3.43. The first kappa shape index (κ1) is 12.9. The summed E-state index contributed by atoms with van der Waals surface area (Å²) in [5.74, 6) is 0. The van der Waals surface area contributed by atoms with Gasteiger partial charge in [-0.05, 0) is 45.7 Å². The van der Waals surface area contributed by atoms with Gasteiger partial charge in [0.2, 0.25) is 0 Å². The van der Waals surface area contributed by atoms with Gasteiger partial charge in [-0.2, -0.15) is 0 Å². The third-order valence-electron chi connectivity index (χ3n) is 2.46. The van der Waals surface area contributed by atoms with Crippen LogP contribution < -0.4 is 5.73 Å². The molecule has 0 aromatic heterocycles. The van der Waals surface area contributed by atoms with Gasteiger partial charge < -0.3 is 10.8 Å². The zero-order valence-electron chi connectivity index (χ0n) is 9.37. The van der Waals surface area contributed by atoms with Gasteiger partial charge >= 0.3 is 0 Å². The topological polar surface area (TPSA) is 46.2 Å². The summed E-state index contributed by atoms with van der Waals surface area (Å²) in [6.07, 6.45) is -0.532. The summed E-state index contributed by atoms with van der Waals surface area (Å²) in [5.41, 5.74) is 6.84. The van der Waals surface area contributed by atoms with Crippen LogP contribution in [0, 0.1) is 8.99 Å². The van der Waals surface area contributed by atoms with Crippen molar-refractivity contribution in [1.29, 1.82) is 0 Å². The van der Waals surface area contributed by atoms with Crippen LogP contribution in [0.3, 0.4) is 0 Å². The number of aliphatic hydroxyl groups excluding tert-OH is 1. The number of hydrogen-bond donors (Lipinski definition) is 2. The molecule has 0 unspecified atom stereocenters. The number of nitrogens with two attached hydrogens (primary N) is 1. The van der Waals surface area contributed by atoms with Crippen molar-refractivity contribution >= 4 is 22.6 Å². The van der Waals surface area contributed by atoms with Crippen molar-refractivity contribution < 1.29 is 5.11 Å². The molecule has 0 spiro atoms. The monoisotopic (exact) mass is 319 g/mol. The van der Waals surface area contributed by atoms with Crippen LogP contribution in [0.2, 0.25) is 0 Å². The fourth-order valence-corrected chi connectivity index (χ4v) is 2.00. The van der Waals surface area contributed by atoms with E-state index >= 15 is 0 Å². The molecule has 2 atom stereocenters. The van der Waals surface area contributed by atoms with E-state index < -0.39 is 6.10 Å². The fourth-order valence-electron chi connectivity index (χ4n) is 1.43. The third-order valence-corrected chi connectivity index (χ3v) is 3.13. The summed E-state index contributed by atoms with van der Waals surface area (Å²) in [6.45, 7) is 5.97. The van der Waals surface area contributed by atoms with E-state index in [2.05, 4.69) is 22.6 Å². The Morgan fingerprint density at radius 2 is 1.93 bits per heavy atom. The Morgan fingerprint density at radius 3 is 2.40 bits per heavy atom. The molecule has 0 aliphatic heterocycles. The van der Waals surface area contributed by atoms with E-state index in [-0.39, 0.29) is 11.5 Å². The minimum absolute atomic E-state index is 0.194. The molecular formula is C12H18INO. The number of hydrogen-bond acceptors (Lipinski definition) is 2. The molecular weight excluding hydrogens is 301 g/mol. The predicted octanol–water partition coefficient (Wildman–Crippen LogP) is 2.70. The standard InChI is InChI=1S/C12H18INO/c1-12(2,3)11(15)10(14)8-5-4-6-9(13)7-8/h4-7,10-11,15H,14H2,1-3H3/t10-,11-/m0/s1. The molecule has 84 valence electrons. The lowest BCUT2D eigenvalue weighted by molar-refractivity contribution is 0.0401. The second-order valence-electron chi connectivity index (χ2n) is 4.89. The molecule has 0 heterocycles. The van der Waals surface area contributed by atoms with Crippen molar-refractivity contribution in [2.45, 2.75) is 32.9 Å². The molecule has 0 fully saturated rings. The number of aliphatic hydroxyl groups is 1. The lowest BCUT2D eigenvalue weighted by Crippen LogP contribution is -2.36. The fraction of sp³-hybridized carbons (Fsp3) is 0.500.